The largest absolute Gasteiger partial charge is 0.449 e. The minimum atomic E-state index is -4.70. The summed E-state index contributed by atoms with van der Waals surface area (Å²) in [6.45, 7) is 4.75. The zero-order valence-corrected chi connectivity index (χ0v) is 16.9. The zero-order chi connectivity index (χ0) is 22.3. The number of anilines is 1. The molecule has 0 saturated carbocycles. The number of hydrogen-bond donors (Lipinski definition) is 1. The standard InChI is InChI=1S/C20H18F3N7O/c1-11-8-12(2)25-19(24-11)30-16(9-13(3)28-30)27-17(31)10-29-15-7-5-4-6-14(15)26-18(29)20(21,22)23/h4-9H,10H2,1-3H3,(H,27,31). The van der Waals surface area contributed by atoms with Gasteiger partial charge in [0.1, 0.15) is 12.4 Å². The highest BCUT2D eigenvalue weighted by molar-refractivity contribution is 5.91. The van der Waals surface area contributed by atoms with Crippen LogP contribution in [0.5, 0.6) is 0 Å². The highest BCUT2D eigenvalue weighted by Gasteiger charge is 2.38. The molecule has 0 bridgehead atoms. The number of imidazole rings is 1. The minimum Gasteiger partial charge on any atom is -0.311 e. The van der Waals surface area contributed by atoms with Gasteiger partial charge in [0.05, 0.1) is 16.7 Å². The number of fused-ring (bicyclic) bond motifs is 1. The summed E-state index contributed by atoms with van der Waals surface area (Å²) in [5.41, 5.74) is 2.39. The Hall–Kier alpha value is -3.76. The second-order valence-corrected chi connectivity index (χ2v) is 7.09. The Balaban J connectivity index is 1.67. The van der Waals surface area contributed by atoms with Crippen LogP contribution >= 0.6 is 0 Å². The number of aryl methyl sites for hydroxylation is 3. The van der Waals surface area contributed by atoms with E-state index in [0.29, 0.717) is 17.1 Å². The molecular formula is C20H18F3N7O. The third-order valence-electron chi connectivity index (χ3n) is 4.47. The van der Waals surface area contributed by atoms with Crippen LogP contribution in [0.15, 0.2) is 36.4 Å². The SMILES string of the molecule is Cc1cc(C)nc(-n2nc(C)cc2NC(=O)Cn2c(C(F)(F)F)nc3ccccc32)n1. The Morgan fingerprint density at radius 2 is 1.68 bits per heavy atom. The van der Waals surface area contributed by atoms with Crippen molar-refractivity contribution in [2.24, 2.45) is 0 Å². The van der Waals surface area contributed by atoms with Crippen LogP contribution in [0.25, 0.3) is 17.0 Å². The first kappa shape index (κ1) is 20.5. The van der Waals surface area contributed by atoms with Crippen molar-refractivity contribution < 1.29 is 18.0 Å². The topological polar surface area (TPSA) is 90.5 Å². The number of hydrogen-bond acceptors (Lipinski definition) is 5. The third kappa shape index (κ3) is 4.11. The van der Waals surface area contributed by atoms with E-state index in [4.69, 9.17) is 0 Å². The van der Waals surface area contributed by atoms with Crippen molar-refractivity contribution in [3.05, 3.63) is 59.3 Å². The molecule has 0 atom stereocenters. The molecule has 4 rings (SSSR count). The number of nitrogens with zero attached hydrogens (tertiary/aromatic N) is 6. The van der Waals surface area contributed by atoms with Gasteiger partial charge in [-0.3, -0.25) is 4.79 Å². The number of carbonyl (C=O) groups excluding carboxylic acids is 1. The Kier molecular flexibility index (Phi) is 4.96. The lowest BCUT2D eigenvalue weighted by molar-refractivity contribution is -0.147. The number of amides is 1. The number of benzene rings is 1. The fourth-order valence-corrected chi connectivity index (χ4v) is 3.32. The lowest BCUT2D eigenvalue weighted by Gasteiger charge is -2.12. The molecule has 0 aliphatic heterocycles. The molecule has 160 valence electrons. The maximum absolute atomic E-state index is 13.5. The molecule has 3 heterocycles. The highest BCUT2D eigenvalue weighted by atomic mass is 19.4. The summed E-state index contributed by atoms with van der Waals surface area (Å²) in [6, 6.07) is 9.52. The van der Waals surface area contributed by atoms with Crippen LogP contribution in [0.4, 0.5) is 19.0 Å². The minimum absolute atomic E-state index is 0.159. The van der Waals surface area contributed by atoms with Crippen LogP contribution in [0.2, 0.25) is 0 Å². The molecule has 0 radical (unpaired) electrons. The van der Waals surface area contributed by atoms with Crippen LogP contribution in [-0.2, 0) is 17.5 Å². The van der Waals surface area contributed by atoms with Gasteiger partial charge in [0.15, 0.2) is 0 Å². The fourth-order valence-electron chi connectivity index (χ4n) is 3.32. The van der Waals surface area contributed by atoms with E-state index in [-0.39, 0.29) is 22.8 Å². The van der Waals surface area contributed by atoms with Crippen molar-refractivity contribution in [2.75, 3.05) is 5.32 Å². The van der Waals surface area contributed by atoms with Gasteiger partial charge in [-0.2, -0.15) is 23.0 Å². The predicted octanol–water partition coefficient (Wildman–Crippen LogP) is 3.59. The Labute approximate surface area is 174 Å². The van der Waals surface area contributed by atoms with Crippen molar-refractivity contribution in [1.29, 1.82) is 0 Å². The molecule has 0 unspecified atom stereocenters. The van der Waals surface area contributed by atoms with Crippen LogP contribution in [0, 0.1) is 20.8 Å². The predicted molar refractivity (Wildman–Crippen MR) is 107 cm³/mol. The Morgan fingerprint density at radius 1 is 1.00 bits per heavy atom. The van der Waals surface area contributed by atoms with Gasteiger partial charge in [0, 0.05) is 17.5 Å². The van der Waals surface area contributed by atoms with E-state index in [1.807, 2.05) is 0 Å². The summed E-state index contributed by atoms with van der Waals surface area (Å²) in [6.07, 6.45) is -4.70. The molecule has 8 nitrogen and oxygen atoms in total. The van der Waals surface area contributed by atoms with Crippen molar-refractivity contribution in [3.8, 4) is 5.95 Å². The smallest absolute Gasteiger partial charge is 0.311 e. The summed E-state index contributed by atoms with van der Waals surface area (Å²) in [4.78, 5) is 25.0. The Morgan fingerprint density at radius 3 is 2.35 bits per heavy atom. The molecule has 0 spiro atoms. The first-order chi connectivity index (χ1) is 14.6. The van der Waals surface area contributed by atoms with Crippen LogP contribution in [0.1, 0.15) is 22.9 Å². The number of alkyl halides is 3. The molecule has 3 aromatic heterocycles. The highest BCUT2D eigenvalue weighted by Crippen LogP contribution is 2.31. The first-order valence-corrected chi connectivity index (χ1v) is 9.33. The Bertz CT molecular complexity index is 1270. The van der Waals surface area contributed by atoms with E-state index in [2.05, 4.69) is 25.4 Å². The number of para-hydroxylation sites is 2. The van der Waals surface area contributed by atoms with Crippen molar-refractivity contribution in [1.82, 2.24) is 29.3 Å². The van der Waals surface area contributed by atoms with Crippen molar-refractivity contribution >= 4 is 22.8 Å². The second-order valence-electron chi connectivity index (χ2n) is 7.09. The fraction of sp³-hybridized carbons (Fsp3) is 0.250. The van der Waals surface area contributed by atoms with E-state index in [1.54, 1.807) is 45.0 Å². The lowest BCUT2D eigenvalue weighted by Crippen LogP contribution is -2.24. The number of carbonyl (C=O) groups is 1. The molecule has 4 aromatic rings. The van der Waals surface area contributed by atoms with E-state index in [1.165, 1.54) is 16.8 Å². The monoisotopic (exact) mass is 429 g/mol. The number of nitrogens with one attached hydrogen (secondary N) is 1. The number of halogens is 3. The van der Waals surface area contributed by atoms with Crippen molar-refractivity contribution in [2.45, 2.75) is 33.5 Å². The molecule has 1 N–H and O–H groups in total. The summed E-state index contributed by atoms with van der Waals surface area (Å²) in [5.74, 6) is -1.29. The van der Waals surface area contributed by atoms with Crippen LogP contribution < -0.4 is 5.32 Å². The number of aromatic nitrogens is 6. The van der Waals surface area contributed by atoms with Gasteiger partial charge in [-0.1, -0.05) is 12.1 Å². The van der Waals surface area contributed by atoms with Crippen molar-refractivity contribution in [3.63, 3.8) is 0 Å². The summed E-state index contributed by atoms with van der Waals surface area (Å²) >= 11 is 0. The van der Waals surface area contributed by atoms with Gasteiger partial charge in [0.2, 0.25) is 11.7 Å². The zero-order valence-electron chi connectivity index (χ0n) is 16.9. The molecule has 0 fully saturated rings. The molecule has 1 aromatic carbocycles. The molecule has 0 aliphatic carbocycles. The van der Waals surface area contributed by atoms with Gasteiger partial charge in [-0.15, -0.1) is 0 Å². The lowest BCUT2D eigenvalue weighted by atomic mass is 10.3. The van der Waals surface area contributed by atoms with Gasteiger partial charge in [-0.25, -0.2) is 15.0 Å². The van der Waals surface area contributed by atoms with E-state index >= 15 is 0 Å². The maximum atomic E-state index is 13.5. The summed E-state index contributed by atoms with van der Waals surface area (Å²) in [7, 11) is 0. The van der Waals surface area contributed by atoms with Crippen LogP contribution in [-0.4, -0.2) is 35.2 Å². The van der Waals surface area contributed by atoms with Gasteiger partial charge < -0.3 is 9.88 Å². The van der Waals surface area contributed by atoms with E-state index < -0.39 is 24.5 Å². The molecule has 31 heavy (non-hydrogen) atoms. The van der Waals surface area contributed by atoms with Gasteiger partial charge in [0.25, 0.3) is 5.95 Å². The molecule has 0 aliphatic rings. The van der Waals surface area contributed by atoms with E-state index in [0.717, 1.165) is 4.57 Å². The maximum Gasteiger partial charge on any atom is 0.449 e. The third-order valence-corrected chi connectivity index (χ3v) is 4.47. The average Bonchev–Trinajstić information content (AvgIpc) is 3.21. The summed E-state index contributed by atoms with van der Waals surface area (Å²) in [5, 5.41) is 6.91. The second kappa shape index (κ2) is 7.49. The molecular weight excluding hydrogens is 411 g/mol. The normalized spacial score (nSPS) is 11.8. The van der Waals surface area contributed by atoms with Crippen LogP contribution in [0.3, 0.4) is 0 Å². The summed E-state index contributed by atoms with van der Waals surface area (Å²) < 4.78 is 42.7. The molecule has 11 heteroatoms. The quantitative estimate of drug-likeness (QED) is 0.535. The van der Waals surface area contributed by atoms with Gasteiger partial charge >= 0.3 is 6.18 Å². The first-order valence-electron chi connectivity index (χ1n) is 9.33. The molecule has 0 saturated heterocycles. The average molecular weight is 429 g/mol. The van der Waals surface area contributed by atoms with Gasteiger partial charge in [-0.05, 0) is 39.0 Å². The molecule has 1 amide bonds. The van der Waals surface area contributed by atoms with E-state index in [9.17, 15) is 18.0 Å². The number of rotatable bonds is 4.